The van der Waals surface area contributed by atoms with Crippen LogP contribution < -0.4 is 0 Å². The molecule has 0 aromatic heterocycles. The molecule has 0 bridgehead atoms. The van der Waals surface area contributed by atoms with Crippen LogP contribution in [-0.2, 0) is 14.3 Å². The van der Waals surface area contributed by atoms with E-state index in [0.717, 1.165) is 0 Å². The van der Waals surface area contributed by atoms with Gasteiger partial charge in [-0.3, -0.25) is 9.59 Å². The highest BCUT2D eigenvalue weighted by Gasteiger charge is 2.32. The minimum atomic E-state index is -0.895. The standard InChI is InChI=1S/C10H18O4/c1-5-14-8(11)7(2)6-10(3,4)9(12)13/h7H,5-6H2,1-4H3,(H,12,13). The molecular weight excluding hydrogens is 184 g/mol. The van der Waals surface area contributed by atoms with E-state index in [1.165, 1.54) is 0 Å². The first-order chi connectivity index (χ1) is 6.31. The van der Waals surface area contributed by atoms with Crippen LogP contribution in [0.25, 0.3) is 0 Å². The van der Waals surface area contributed by atoms with Crippen molar-refractivity contribution >= 4 is 11.9 Å². The molecule has 0 aromatic carbocycles. The number of hydrogen-bond acceptors (Lipinski definition) is 3. The van der Waals surface area contributed by atoms with Crippen molar-refractivity contribution in [2.45, 2.75) is 34.1 Å². The van der Waals surface area contributed by atoms with Gasteiger partial charge in [-0.05, 0) is 27.2 Å². The third-order valence-electron chi connectivity index (χ3n) is 2.08. The number of carboxylic acid groups (broad SMARTS) is 1. The minimum absolute atomic E-state index is 0.293. The van der Waals surface area contributed by atoms with E-state index in [1.54, 1.807) is 27.7 Å². The first-order valence-electron chi connectivity index (χ1n) is 4.71. The molecule has 4 nitrogen and oxygen atoms in total. The lowest BCUT2D eigenvalue weighted by molar-refractivity contribution is -0.152. The normalized spacial score (nSPS) is 13.4. The lowest BCUT2D eigenvalue weighted by atomic mass is 9.83. The van der Waals surface area contributed by atoms with Crippen LogP contribution in [0, 0.1) is 11.3 Å². The monoisotopic (exact) mass is 202 g/mol. The number of carbonyl (C=O) groups is 2. The Morgan fingerprint density at radius 2 is 1.93 bits per heavy atom. The van der Waals surface area contributed by atoms with E-state index in [-0.39, 0.29) is 11.9 Å². The molecule has 0 aliphatic heterocycles. The van der Waals surface area contributed by atoms with Crippen LogP contribution in [-0.4, -0.2) is 23.7 Å². The fourth-order valence-electron chi connectivity index (χ4n) is 1.22. The van der Waals surface area contributed by atoms with Gasteiger partial charge in [-0.25, -0.2) is 0 Å². The highest BCUT2D eigenvalue weighted by Crippen LogP contribution is 2.26. The number of aliphatic carboxylic acids is 1. The van der Waals surface area contributed by atoms with Gasteiger partial charge < -0.3 is 9.84 Å². The fourth-order valence-corrected chi connectivity index (χ4v) is 1.22. The van der Waals surface area contributed by atoms with Gasteiger partial charge >= 0.3 is 11.9 Å². The molecule has 14 heavy (non-hydrogen) atoms. The van der Waals surface area contributed by atoms with Crippen molar-refractivity contribution in [1.82, 2.24) is 0 Å². The summed E-state index contributed by atoms with van der Waals surface area (Å²) in [6.07, 6.45) is 0.293. The highest BCUT2D eigenvalue weighted by atomic mass is 16.5. The van der Waals surface area contributed by atoms with Gasteiger partial charge in [-0.2, -0.15) is 0 Å². The Balaban J connectivity index is 4.24. The molecule has 0 aliphatic carbocycles. The van der Waals surface area contributed by atoms with Gasteiger partial charge in [-0.15, -0.1) is 0 Å². The number of rotatable bonds is 5. The zero-order valence-electron chi connectivity index (χ0n) is 9.16. The first kappa shape index (κ1) is 12.9. The van der Waals surface area contributed by atoms with Crippen molar-refractivity contribution in [3.8, 4) is 0 Å². The Bertz CT molecular complexity index is 220. The Kier molecular flexibility index (Phi) is 4.60. The largest absolute Gasteiger partial charge is 0.481 e. The average Bonchev–Trinajstić information content (AvgIpc) is 2.03. The van der Waals surface area contributed by atoms with E-state index in [9.17, 15) is 9.59 Å². The molecule has 1 atom stereocenters. The molecule has 1 unspecified atom stereocenters. The Labute approximate surface area is 84.3 Å². The van der Waals surface area contributed by atoms with Crippen molar-refractivity contribution in [3.05, 3.63) is 0 Å². The molecule has 0 aromatic rings. The summed E-state index contributed by atoms with van der Waals surface area (Å²) in [4.78, 5) is 22.0. The van der Waals surface area contributed by atoms with Crippen molar-refractivity contribution in [1.29, 1.82) is 0 Å². The third kappa shape index (κ3) is 3.77. The zero-order valence-corrected chi connectivity index (χ0v) is 9.16. The summed E-state index contributed by atoms with van der Waals surface area (Å²) in [6, 6.07) is 0. The number of hydrogen-bond donors (Lipinski definition) is 1. The SMILES string of the molecule is CCOC(=O)C(C)CC(C)(C)C(=O)O. The molecule has 0 rings (SSSR count). The van der Waals surface area contributed by atoms with E-state index in [0.29, 0.717) is 13.0 Å². The van der Waals surface area contributed by atoms with Crippen LogP contribution in [0.2, 0.25) is 0 Å². The van der Waals surface area contributed by atoms with Crippen LogP contribution in [0.1, 0.15) is 34.1 Å². The molecule has 0 aliphatic rings. The molecule has 0 heterocycles. The van der Waals surface area contributed by atoms with Gasteiger partial charge in [0.2, 0.25) is 0 Å². The second-order valence-electron chi connectivity index (χ2n) is 4.05. The number of esters is 1. The average molecular weight is 202 g/mol. The molecular formula is C10H18O4. The summed E-state index contributed by atoms with van der Waals surface area (Å²) >= 11 is 0. The van der Waals surface area contributed by atoms with Gasteiger partial charge in [0, 0.05) is 0 Å². The van der Waals surface area contributed by atoms with Crippen molar-refractivity contribution < 1.29 is 19.4 Å². The lowest BCUT2D eigenvalue weighted by Gasteiger charge is -2.22. The number of carbonyl (C=O) groups excluding carboxylic acids is 1. The summed E-state index contributed by atoms with van der Waals surface area (Å²) in [5.41, 5.74) is -0.883. The van der Waals surface area contributed by atoms with Crippen LogP contribution in [0.3, 0.4) is 0 Å². The second-order valence-corrected chi connectivity index (χ2v) is 4.05. The Hall–Kier alpha value is -1.06. The predicted molar refractivity (Wildman–Crippen MR) is 51.8 cm³/mol. The smallest absolute Gasteiger partial charge is 0.309 e. The molecule has 4 heteroatoms. The highest BCUT2D eigenvalue weighted by molar-refractivity contribution is 5.76. The molecule has 0 saturated carbocycles. The summed E-state index contributed by atoms with van der Waals surface area (Å²) in [5, 5.41) is 8.85. The topological polar surface area (TPSA) is 63.6 Å². The van der Waals surface area contributed by atoms with E-state index < -0.39 is 11.4 Å². The molecule has 1 N–H and O–H groups in total. The molecule has 0 radical (unpaired) electrons. The zero-order chi connectivity index (χ0) is 11.4. The molecule has 82 valence electrons. The fraction of sp³-hybridized carbons (Fsp3) is 0.800. The van der Waals surface area contributed by atoms with Gasteiger partial charge in [0.05, 0.1) is 17.9 Å². The minimum Gasteiger partial charge on any atom is -0.481 e. The van der Waals surface area contributed by atoms with Crippen molar-refractivity contribution in [2.75, 3.05) is 6.61 Å². The maximum Gasteiger partial charge on any atom is 0.309 e. The second kappa shape index (κ2) is 4.98. The Morgan fingerprint density at radius 3 is 2.29 bits per heavy atom. The molecule has 0 spiro atoms. The van der Waals surface area contributed by atoms with Gasteiger partial charge in [-0.1, -0.05) is 6.92 Å². The van der Waals surface area contributed by atoms with Crippen molar-refractivity contribution in [2.24, 2.45) is 11.3 Å². The predicted octanol–water partition coefficient (Wildman–Crippen LogP) is 1.69. The Morgan fingerprint density at radius 1 is 1.43 bits per heavy atom. The van der Waals surface area contributed by atoms with E-state index in [2.05, 4.69) is 0 Å². The van der Waals surface area contributed by atoms with Gasteiger partial charge in [0.1, 0.15) is 0 Å². The van der Waals surface area contributed by atoms with Crippen LogP contribution in [0.5, 0.6) is 0 Å². The maximum atomic E-state index is 11.2. The summed E-state index contributed by atoms with van der Waals surface area (Å²) in [7, 11) is 0. The van der Waals surface area contributed by atoms with Crippen LogP contribution >= 0.6 is 0 Å². The molecule has 0 saturated heterocycles. The maximum absolute atomic E-state index is 11.2. The van der Waals surface area contributed by atoms with E-state index >= 15 is 0 Å². The summed E-state index contributed by atoms with van der Waals surface area (Å²) in [6.45, 7) is 6.95. The van der Waals surface area contributed by atoms with Gasteiger partial charge in [0.25, 0.3) is 0 Å². The number of carboxylic acids is 1. The van der Waals surface area contributed by atoms with Gasteiger partial charge in [0.15, 0.2) is 0 Å². The van der Waals surface area contributed by atoms with Crippen LogP contribution in [0.4, 0.5) is 0 Å². The van der Waals surface area contributed by atoms with E-state index in [4.69, 9.17) is 9.84 Å². The quantitative estimate of drug-likeness (QED) is 0.689. The summed E-state index contributed by atoms with van der Waals surface area (Å²) in [5.74, 6) is -1.60. The number of ether oxygens (including phenoxy) is 1. The van der Waals surface area contributed by atoms with Crippen molar-refractivity contribution in [3.63, 3.8) is 0 Å². The van der Waals surface area contributed by atoms with E-state index in [1.807, 2.05) is 0 Å². The van der Waals surface area contributed by atoms with Crippen LogP contribution in [0.15, 0.2) is 0 Å². The molecule has 0 fully saturated rings. The summed E-state index contributed by atoms with van der Waals surface area (Å²) < 4.78 is 4.80. The lowest BCUT2D eigenvalue weighted by Crippen LogP contribution is -2.29. The molecule has 0 amide bonds. The first-order valence-corrected chi connectivity index (χ1v) is 4.71. The third-order valence-corrected chi connectivity index (χ3v) is 2.08.